The molecule has 82 heavy (non-hydrogen) atoms. The second-order valence-corrected chi connectivity index (χ2v) is 20.8. The van der Waals surface area contributed by atoms with Crippen LogP contribution in [-0.4, -0.2) is 19.1 Å². The highest BCUT2D eigenvalue weighted by Gasteiger charge is 2.24. The third kappa shape index (κ3) is 8.51. The molecule has 0 amide bonds. The Bertz CT molecular complexity index is 4690. The number of fused-ring (bicyclic) bond motifs is 6. The van der Waals surface area contributed by atoms with Crippen molar-refractivity contribution in [3.63, 3.8) is 0 Å². The van der Waals surface area contributed by atoms with Gasteiger partial charge < -0.3 is 9.13 Å². The van der Waals surface area contributed by atoms with Gasteiger partial charge in [0.15, 0.2) is 5.82 Å². The summed E-state index contributed by atoms with van der Waals surface area (Å²) >= 11 is 0. The molecule has 5 heteroatoms. The van der Waals surface area contributed by atoms with Gasteiger partial charge in [0.25, 0.3) is 0 Å². The van der Waals surface area contributed by atoms with E-state index in [-0.39, 0.29) is 0 Å². The number of hydrogen-bond acceptors (Lipinski definition) is 3. The molecule has 0 unspecified atom stereocenters. The van der Waals surface area contributed by atoms with Crippen LogP contribution in [-0.2, 0) is 0 Å². The molecule has 15 rings (SSSR count). The summed E-state index contributed by atoms with van der Waals surface area (Å²) in [7, 11) is 0. The number of aromatic nitrogens is 4. The molecular formula is C77H49N5. The summed E-state index contributed by atoms with van der Waals surface area (Å²) in [6, 6.07) is 108. The first-order chi connectivity index (χ1) is 40.6. The van der Waals surface area contributed by atoms with Crippen LogP contribution >= 0.6 is 0 Å². The van der Waals surface area contributed by atoms with Gasteiger partial charge in [-0.1, -0.05) is 206 Å². The minimum Gasteiger partial charge on any atom is -0.309 e. The van der Waals surface area contributed by atoms with Crippen molar-refractivity contribution >= 4 is 43.6 Å². The SMILES string of the molecule is N#Cc1ccc(-n2c3ccc(-c4ccccc4)cc3c3cc(-c4ccccc4)ccc32)c(-c2cc(-c3nc(-c4ccccc4)cc(-c4ccccc4)n3)ccc2-n2c3ccc(-c4ccccc4)cc3c3cc(-c4ccccc4)ccc32)c1. The first-order valence-corrected chi connectivity index (χ1v) is 27.7. The molecule has 0 aliphatic carbocycles. The van der Waals surface area contributed by atoms with E-state index in [1.165, 1.54) is 0 Å². The van der Waals surface area contributed by atoms with Gasteiger partial charge in [0.05, 0.1) is 56.5 Å². The van der Waals surface area contributed by atoms with Crippen molar-refractivity contribution in [1.82, 2.24) is 19.1 Å². The van der Waals surface area contributed by atoms with Gasteiger partial charge in [-0.3, -0.25) is 0 Å². The lowest BCUT2D eigenvalue weighted by Gasteiger charge is -2.20. The molecule has 5 nitrogen and oxygen atoms in total. The summed E-state index contributed by atoms with van der Waals surface area (Å²) in [6.45, 7) is 0. The number of hydrogen-bond donors (Lipinski definition) is 0. The van der Waals surface area contributed by atoms with E-state index in [1.54, 1.807) is 0 Å². The predicted molar refractivity (Wildman–Crippen MR) is 339 cm³/mol. The quantitative estimate of drug-likeness (QED) is 0.137. The Kier molecular flexibility index (Phi) is 11.8. The third-order valence-electron chi connectivity index (χ3n) is 16.0. The number of nitriles is 1. The topological polar surface area (TPSA) is 59.4 Å². The molecule has 0 fully saturated rings. The van der Waals surface area contributed by atoms with Gasteiger partial charge >= 0.3 is 0 Å². The summed E-state index contributed by atoms with van der Waals surface area (Å²) in [5.74, 6) is 0.590. The molecular weight excluding hydrogens is 995 g/mol. The Morgan fingerprint density at radius 3 is 0.902 bits per heavy atom. The molecule has 0 radical (unpaired) electrons. The van der Waals surface area contributed by atoms with Gasteiger partial charge in [0.2, 0.25) is 0 Å². The standard InChI is InChI=1S/C77H49N5/c78-50-51-31-37-71(81-72-38-32-58(52-19-7-1-8-20-52)44-64(72)65-45-59(33-39-73(65)81)53-21-9-2-10-22-53)63(43-51)68-48-62(77-79-69(56-27-15-5-16-28-56)49-70(80-77)57-29-17-6-18-30-57)36-42-76(68)82-74-40-34-60(54-23-11-3-12-24-54)46-66(74)67-47-61(35-41-75(67)82)55-25-13-4-14-26-55/h1-49H. The lowest BCUT2D eigenvalue weighted by atomic mass is 9.96. The first kappa shape index (κ1) is 48.0. The smallest absolute Gasteiger partial charge is 0.160 e. The second kappa shape index (κ2) is 20.2. The zero-order chi connectivity index (χ0) is 54.5. The minimum absolute atomic E-state index is 0.546. The highest BCUT2D eigenvalue weighted by Crippen LogP contribution is 2.45. The van der Waals surface area contributed by atoms with E-state index >= 15 is 0 Å². The van der Waals surface area contributed by atoms with Gasteiger partial charge in [0.1, 0.15) is 0 Å². The van der Waals surface area contributed by atoms with Crippen molar-refractivity contribution in [2.24, 2.45) is 0 Å². The molecule has 0 N–H and O–H groups in total. The average molecular weight is 1040 g/mol. The fourth-order valence-corrected chi connectivity index (χ4v) is 12.0. The monoisotopic (exact) mass is 1040 g/mol. The van der Waals surface area contributed by atoms with E-state index in [4.69, 9.17) is 9.97 Å². The Labute approximate surface area is 475 Å². The number of benzene rings is 12. The normalized spacial score (nSPS) is 11.4. The van der Waals surface area contributed by atoms with Crippen LogP contribution in [0.5, 0.6) is 0 Å². The van der Waals surface area contributed by atoms with Gasteiger partial charge in [0, 0.05) is 49.4 Å². The molecule has 0 aliphatic rings. The molecule has 0 saturated carbocycles. The van der Waals surface area contributed by atoms with Crippen molar-refractivity contribution in [3.8, 4) is 107 Å². The van der Waals surface area contributed by atoms with Crippen molar-refractivity contribution in [1.29, 1.82) is 5.26 Å². The van der Waals surface area contributed by atoms with E-state index in [0.717, 1.165) is 139 Å². The van der Waals surface area contributed by atoms with Crippen molar-refractivity contribution < 1.29 is 0 Å². The third-order valence-corrected chi connectivity index (χ3v) is 16.0. The van der Waals surface area contributed by atoms with E-state index in [2.05, 4.69) is 270 Å². The zero-order valence-electron chi connectivity index (χ0n) is 44.5. The summed E-state index contributed by atoms with van der Waals surface area (Å²) < 4.78 is 4.81. The van der Waals surface area contributed by atoms with E-state index < -0.39 is 0 Å². The molecule has 0 atom stereocenters. The molecule has 0 saturated heterocycles. The fourth-order valence-electron chi connectivity index (χ4n) is 12.0. The average Bonchev–Trinajstić information content (AvgIpc) is 4.21. The van der Waals surface area contributed by atoms with Crippen LogP contribution in [0, 0.1) is 11.3 Å². The molecule has 3 heterocycles. The second-order valence-electron chi connectivity index (χ2n) is 20.8. The highest BCUT2D eigenvalue weighted by atomic mass is 15.0. The Hall–Kier alpha value is -11.2. The van der Waals surface area contributed by atoms with Crippen LogP contribution in [0.25, 0.3) is 145 Å². The van der Waals surface area contributed by atoms with Crippen LogP contribution < -0.4 is 0 Å². The van der Waals surface area contributed by atoms with Gasteiger partial charge in [-0.15, -0.1) is 0 Å². The number of nitrogens with zero attached hydrogens (tertiary/aromatic N) is 5. The fraction of sp³-hybridized carbons (Fsp3) is 0. The summed E-state index contributed by atoms with van der Waals surface area (Å²) in [5, 5.41) is 15.5. The van der Waals surface area contributed by atoms with Crippen LogP contribution in [0.2, 0.25) is 0 Å². The van der Waals surface area contributed by atoms with Crippen molar-refractivity contribution in [3.05, 3.63) is 303 Å². The van der Waals surface area contributed by atoms with E-state index in [9.17, 15) is 5.26 Å². The van der Waals surface area contributed by atoms with Gasteiger partial charge in [-0.05, 0) is 136 Å². The Morgan fingerprint density at radius 1 is 0.256 bits per heavy atom. The predicted octanol–water partition coefficient (Wildman–Crippen LogP) is 19.9. The molecule has 12 aromatic carbocycles. The molecule has 0 spiro atoms. The highest BCUT2D eigenvalue weighted by molar-refractivity contribution is 6.14. The lowest BCUT2D eigenvalue weighted by molar-refractivity contribution is 1.15. The molecule has 3 aromatic heterocycles. The zero-order valence-corrected chi connectivity index (χ0v) is 44.5. The van der Waals surface area contributed by atoms with Gasteiger partial charge in [-0.2, -0.15) is 5.26 Å². The summed E-state index contributed by atoms with van der Waals surface area (Å²) in [6.07, 6.45) is 0. The van der Waals surface area contributed by atoms with Crippen LogP contribution in [0.1, 0.15) is 5.56 Å². The summed E-state index contributed by atoms with van der Waals surface area (Å²) in [4.78, 5) is 10.8. The van der Waals surface area contributed by atoms with Crippen LogP contribution in [0.3, 0.4) is 0 Å². The van der Waals surface area contributed by atoms with Gasteiger partial charge in [-0.25, -0.2) is 9.97 Å². The Morgan fingerprint density at radius 2 is 0.561 bits per heavy atom. The number of rotatable bonds is 10. The van der Waals surface area contributed by atoms with E-state index in [1.807, 2.05) is 42.5 Å². The lowest BCUT2D eigenvalue weighted by Crippen LogP contribution is -2.03. The maximum atomic E-state index is 11.0. The molecule has 382 valence electrons. The molecule has 0 aliphatic heterocycles. The van der Waals surface area contributed by atoms with E-state index in [0.29, 0.717) is 11.4 Å². The summed E-state index contributed by atoms with van der Waals surface area (Å²) in [5.41, 5.74) is 22.0. The maximum Gasteiger partial charge on any atom is 0.160 e. The molecule has 0 bridgehead atoms. The van der Waals surface area contributed by atoms with Crippen molar-refractivity contribution in [2.45, 2.75) is 0 Å². The maximum absolute atomic E-state index is 11.0. The van der Waals surface area contributed by atoms with Crippen LogP contribution in [0.4, 0.5) is 0 Å². The largest absolute Gasteiger partial charge is 0.309 e. The molecule has 15 aromatic rings. The minimum atomic E-state index is 0.546. The van der Waals surface area contributed by atoms with Crippen LogP contribution in [0.15, 0.2) is 297 Å². The first-order valence-electron chi connectivity index (χ1n) is 27.7. The Balaban J connectivity index is 1.04. The van der Waals surface area contributed by atoms with Crippen molar-refractivity contribution in [2.75, 3.05) is 0 Å².